The van der Waals surface area contributed by atoms with Gasteiger partial charge in [-0.2, -0.15) is 11.8 Å². The maximum Gasteiger partial charge on any atom is 0.315 e. The zero-order valence-corrected chi connectivity index (χ0v) is 34.5. The molecule has 0 radical (unpaired) electrons. The van der Waals surface area contributed by atoms with Crippen molar-refractivity contribution < 1.29 is 53.5 Å². The van der Waals surface area contributed by atoms with Crippen molar-refractivity contribution in [3.05, 3.63) is 0 Å². The van der Waals surface area contributed by atoms with Crippen molar-refractivity contribution in [2.45, 2.75) is 121 Å². The third-order valence-electron chi connectivity index (χ3n) is 9.62. The monoisotopic (exact) mass is 842 g/mol. The summed E-state index contributed by atoms with van der Waals surface area (Å²) in [5.74, 6) is -6.02. The maximum absolute atomic E-state index is 13.0. The van der Waals surface area contributed by atoms with Crippen LogP contribution >= 0.6 is 11.8 Å². The van der Waals surface area contributed by atoms with Crippen LogP contribution < -0.4 is 53.7 Å². The highest BCUT2D eigenvalue weighted by Gasteiger charge is 2.42. The highest BCUT2D eigenvalue weighted by molar-refractivity contribution is 8.00. The molecule has 328 valence electrons. The average Bonchev–Trinajstić information content (AvgIpc) is 3.72. The molecule has 0 bridgehead atoms. The van der Waals surface area contributed by atoms with Gasteiger partial charge >= 0.3 is 6.03 Å². The number of primary amides is 1. The zero-order chi connectivity index (χ0) is 43.4. The fourth-order valence-corrected chi connectivity index (χ4v) is 8.05. The smallest absolute Gasteiger partial charge is 0.315 e. The van der Waals surface area contributed by atoms with Gasteiger partial charge in [-0.05, 0) is 50.4 Å². The molecular formula is C36H62N10O11S. The molecule has 0 spiro atoms. The van der Waals surface area contributed by atoms with Gasteiger partial charge in [-0.25, -0.2) is 10.3 Å². The predicted octanol–water partition coefficient (Wildman–Crippen LogP) is -2.62. The number of nitrogens with two attached hydrogens (primary N) is 1. The molecule has 2 heterocycles. The van der Waals surface area contributed by atoms with E-state index >= 15 is 0 Å². The highest BCUT2D eigenvalue weighted by Crippen LogP contribution is 2.33. The molecule has 21 nitrogen and oxygen atoms in total. The molecule has 0 aliphatic carbocycles. The minimum Gasteiger partial charge on any atom is -0.394 e. The van der Waals surface area contributed by atoms with E-state index in [1.807, 2.05) is 25.6 Å². The van der Waals surface area contributed by atoms with Crippen molar-refractivity contribution in [1.29, 1.82) is 0 Å². The average molecular weight is 843 g/mol. The molecule has 7 atom stereocenters. The number of urea groups is 1. The molecule has 0 aromatic rings. The Morgan fingerprint density at radius 1 is 0.793 bits per heavy atom. The van der Waals surface area contributed by atoms with E-state index in [4.69, 9.17) is 10.9 Å². The quantitative estimate of drug-likeness (QED) is 0.0175. The molecule has 1 unspecified atom stereocenters. The van der Waals surface area contributed by atoms with Gasteiger partial charge < -0.3 is 53.4 Å². The lowest BCUT2D eigenvalue weighted by atomic mass is 9.92. The van der Waals surface area contributed by atoms with Crippen molar-refractivity contribution in [1.82, 2.24) is 48.0 Å². The van der Waals surface area contributed by atoms with Crippen LogP contribution in [-0.2, 0) is 38.4 Å². The standard InChI is InChI=1S/C36H62N10O11S/c1-19(2)13-21(14-27(49)46-57)33(53)42-23(17-47)34(54)44-30(20(3)4)35(55)40-15-28(50)39-16-29(51)41-22(32(37)52)9-7-8-12-38-26(48)11-6-5-10-25-31-24(18-58-25)43-36(56)45-31/h19-25,30-31,47,57H,5-18H2,1-4H3,(H2,37,52)(H,38,48)(H,39,50)(H,40,55)(H,41,51)(H,42,53)(H,44,54)(H,46,49)(H2,43,45,56)/t21?,22-,23-,24-,25-,30-,31-/m0/s1. The number of carbonyl (C=O) groups excluding carboxylic acids is 9. The molecule has 2 aliphatic rings. The summed E-state index contributed by atoms with van der Waals surface area (Å²) in [4.78, 5) is 111. The summed E-state index contributed by atoms with van der Waals surface area (Å²) in [5.41, 5.74) is 6.92. The van der Waals surface area contributed by atoms with Crippen LogP contribution in [0.2, 0.25) is 0 Å². The molecule has 0 aromatic carbocycles. The number of unbranched alkanes of at least 4 members (excludes halogenated alkanes) is 2. The van der Waals surface area contributed by atoms with Gasteiger partial charge in [-0.3, -0.25) is 43.6 Å². The van der Waals surface area contributed by atoms with Crippen LogP contribution in [0.3, 0.4) is 0 Å². The molecule has 2 aliphatic heterocycles. The van der Waals surface area contributed by atoms with Crippen molar-refractivity contribution in [2.75, 3.05) is 32.0 Å². The lowest BCUT2D eigenvalue weighted by Crippen LogP contribution is -2.57. The number of aliphatic hydroxyl groups excluding tert-OH is 1. The van der Waals surface area contributed by atoms with Gasteiger partial charge in [0.15, 0.2) is 0 Å². The SMILES string of the molecule is CC(C)CC(CC(=O)NO)C(=O)N[C@@H](CO)C(=O)N[C@H](C(=O)NCC(=O)NCC(=O)N[C@@H](CCCCNC(=O)CCCC[C@@H]1SC[C@@H]2NC(=O)N[C@@H]21)C(N)=O)C(C)C. The van der Waals surface area contributed by atoms with Crippen LogP contribution in [0.15, 0.2) is 0 Å². The molecule has 2 rings (SSSR count). The van der Waals surface area contributed by atoms with Crippen LogP contribution in [0.4, 0.5) is 4.79 Å². The first kappa shape index (κ1) is 49.4. The summed E-state index contributed by atoms with van der Waals surface area (Å²) < 4.78 is 0. The number of rotatable bonds is 27. The first-order chi connectivity index (χ1) is 27.4. The van der Waals surface area contributed by atoms with Crippen LogP contribution in [0, 0.1) is 17.8 Å². The minimum absolute atomic E-state index is 0.0138. The van der Waals surface area contributed by atoms with Crippen LogP contribution in [0.1, 0.15) is 85.5 Å². The summed E-state index contributed by atoms with van der Waals surface area (Å²) in [5, 5.41) is 39.7. The van der Waals surface area contributed by atoms with E-state index in [0.29, 0.717) is 31.1 Å². The Morgan fingerprint density at radius 3 is 2.14 bits per heavy atom. The summed E-state index contributed by atoms with van der Waals surface area (Å²) >= 11 is 1.83. The van der Waals surface area contributed by atoms with Crippen molar-refractivity contribution in [3.8, 4) is 0 Å². The Hall–Kier alpha value is -4.70. The van der Waals surface area contributed by atoms with Crippen LogP contribution in [-0.4, -0.2) is 131 Å². The Labute approximate surface area is 342 Å². The fourth-order valence-electron chi connectivity index (χ4n) is 6.51. The normalized spacial score (nSPS) is 19.0. The van der Waals surface area contributed by atoms with E-state index in [2.05, 4.69) is 42.5 Å². The fraction of sp³-hybridized carbons (Fsp3) is 0.750. The summed E-state index contributed by atoms with van der Waals surface area (Å²) in [6.45, 7) is 5.32. The molecular weight excluding hydrogens is 781 g/mol. The van der Waals surface area contributed by atoms with Crippen LogP contribution in [0.5, 0.6) is 0 Å². The summed E-state index contributed by atoms with van der Waals surface area (Å²) in [6, 6.07) is -3.50. The summed E-state index contributed by atoms with van der Waals surface area (Å²) in [6.07, 6.45) is 3.98. The zero-order valence-electron chi connectivity index (χ0n) is 33.6. The minimum atomic E-state index is -1.47. The van der Waals surface area contributed by atoms with Gasteiger partial charge in [0.05, 0.1) is 31.8 Å². The lowest BCUT2D eigenvalue weighted by molar-refractivity contribution is -0.137. The first-order valence-corrected chi connectivity index (χ1v) is 20.7. The Kier molecular flexibility index (Phi) is 21.8. The number of hydrogen-bond acceptors (Lipinski definition) is 12. The highest BCUT2D eigenvalue weighted by atomic mass is 32.2. The van der Waals surface area contributed by atoms with Gasteiger partial charge in [-0.1, -0.05) is 34.1 Å². The molecule has 13 N–H and O–H groups in total. The van der Waals surface area contributed by atoms with E-state index in [0.717, 1.165) is 25.0 Å². The van der Waals surface area contributed by atoms with E-state index in [9.17, 15) is 48.3 Å². The van der Waals surface area contributed by atoms with Gasteiger partial charge in [-0.15, -0.1) is 0 Å². The molecule has 22 heteroatoms. The number of thioether (sulfide) groups is 1. The second-order valence-corrected chi connectivity index (χ2v) is 16.5. The van der Waals surface area contributed by atoms with E-state index < -0.39 is 91.0 Å². The van der Waals surface area contributed by atoms with Gasteiger partial charge in [0.25, 0.3) is 0 Å². The van der Waals surface area contributed by atoms with Crippen molar-refractivity contribution >= 4 is 65.1 Å². The van der Waals surface area contributed by atoms with E-state index in [1.54, 1.807) is 13.8 Å². The lowest BCUT2D eigenvalue weighted by Gasteiger charge is -2.26. The number of aliphatic hydroxyl groups is 1. The molecule has 2 fully saturated rings. The number of amides is 10. The molecule has 2 saturated heterocycles. The first-order valence-electron chi connectivity index (χ1n) is 19.7. The van der Waals surface area contributed by atoms with E-state index in [1.165, 1.54) is 5.48 Å². The largest absolute Gasteiger partial charge is 0.394 e. The second-order valence-electron chi connectivity index (χ2n) is 15.3. The number of nitrogens with one attached hydrogen (secondary N) is 9. The Balaban J connectivity index is 1.68. The molecule has 0 saturated carbocycles. The number of hydrogen-bond donors (Lipinski definition) is 12. The Morgan fingerprint density at radius 2 is 1.50 bits per heavy atom. The second kappa shape index (κ2) is 25.6. The van der Waals surface area contributed by atoms with Crippen molar-refractivity contribution in [2.24, 2.45) is 23.5 Å². The van der Waals surface area contributed by atoms with E-state index in [-0.39, 0.29) is 49.2 Å². The number of hydroxylamine groups is 1. The third-order valence-corrected chi connectivity index (χ3v) is 11.1. The van der Waals surface area contributed by atoms with Gasteiger partial charge in [0, 0.05) is 36.3 Å². The third kappa shape index (κ3) is 17.8. The van der Waals surface area contributed by atoms with Crippen LogP contribution in [0.25, 0.3) is 0 Å². The molecule has 58 heavy (non-hydrogen) atoms. The Bertz CT molecular complexity index is 1450. The number of fused-ring (bicyclic) bond motifs is 1. The van der Waals surface area contributed by atoms with Gasteiger partial charge in [0.2, 0.25) is 47.3 Å². The number of carbonyl (C=O) groups is 9. The topological polar surface area (TPSA) is 328 Å². The molecule has 0 aromatic heterocycles. The maximum atomic E-state index is 13.0. The summed E-state index contributed by atoms with van der Waals surface area (Å²) in [7, 11) is 0. The predicted molar refractivity (Wildman–Crippen MR) is 211 cm³/mol. The van der Waals surface area contributed by atoms with Crippen molar-refractivity contribution in [3.63, 3.8) is 0 Å². The molecule has 10 amide bonds. The van der Waals surface area contributed by atoms with Gasteiger partial charge in [0.1, 0.15) is 18.1 Å².